The maximum absolute atomic E-state index is 14.9. The summed E-state index contributed by atoms with van der Waals surface area (Å²) in [6, 6.07) is 9.32. The number of nitrogens with one attached hydrogen (secondary N) is 1. The highest BCUT2D eigenvalue weighted by Gasteiger charge is 2.36. The second kappa shape index (κ2) is 9.59. The molecule has 8 heteroatoms. The van der Waals surface area contributed by atoms with Crippen molar-refractivity contribution in [3.05, 3.63) is 77.6 Å². The van der Waals surface area contributed by atoms with Crippen molar-refractivity contribution in [2.45, 2.75) is 39.8 Å². The summed E-state index contributed by atoms with van der Waals surface area (Å²) in [5.41, 5.74) is 3.02. The number of hydrogen-bond donors (Lipinski definition) is 1. The van der Waals surface area contributed by atoms with Crippen molar-refractivity contribution in [3.8, 4) is 11.1 Å². The minimum atomic E-state index is -0.487. The van der Waals surface area contributed by atoms with Crippen molar-refractivity contribution >= 4 is 17.7 Å². The molecule has 1 N–H and O–H groups in total. The summed E-state index contributed by atoms with van der Waals surface area (Å²) in [4.78, 5) is 35.7. The molecule has 1 fully saturated rings. The normalized spacial score (nSPS) is 16.5. The lowest BCUT2D eigenvalue weighted by Crippen LogP contribution is -2.37. The maximum atomic E-state index is 14.9. The summed E-state index contributed by atoms with van der Waals surface area (Å²) in [6.07, 6.45) is 4.22. The number of aryl methyl sites for hydroxylation is 1. The van der Waals surface area contributed by atoms with Crippen LogP contribution in [0.3, 0.4) is 0 Å². The van der Waals surface area contributed by atoms with Crippen LogP contribution in [0.15, 0.2) is 55.0 Å². The lowest BCUT2D eigenvalue weighted by atomic mass is 9.98. The molecule has 7 nitrogen and oxygen atoms in total. The molecule has 176 valence electrons. The fourth-order valence-electron chi connectivity index (χ4n) is 4.00. The van der Waals surface area contributed by atoms with Gasteiger partial charge in [-0.05, 0) is 55.2 Å². The number of rotatable bonds is 6. The van der Waals surface area contributed by atoms with Crippen molar-refractivity contribution < 1.29 is 18.7 Å². The standard InChI is InChI=1S/C26H27FN4O3/c1-15(2)24-14-34-26(33)31(24)20-11-18(21-6-5-16(3)9-22(21)27)10-19(12-20)25(32)30-17(4)23-13-28-7-8-29-23/h5-13,15,17,24H,14H2,1-4H3,(H,30,32)/t17?,24-/m0/s1. The van der Waals surface area contributed by atoms with E-state index in [-0.39, 0.29) is 24.5 Å². The lowest BCUT2D eigenvalue weighted by Gasteiger charge is -2.25. The highest BCUT2D eigenvalue weighted by atomic mass is 19.1. The largest absolute Gasteiger partial charge is 0.447 e. The van der Waals surface area contributed by atoms with Gasteiger partial charge in [0.25, 0.3) is 5.91 Å². The van der Waals surface area contributed by atoms with Gasteiger partial charge in [0.15, 0.2) is 0 Å². The number of cyclic esters (lactones) is 1. The first-order chi connectivity index (χ1) is 16.2. The Bertz CT molecular complexity index is 1220. The summed E-state index contributed by atoms with van der Waals surface area (Å²) in [7, 11) is 0. The van der Waals surface area contributed by atoms with Crippen LogP contribution in [-0.2, 0) is 4.74 Å². The molecular weight excluding hydrogens is 435 g/mol. The molecule has 2 atom stereocenters. The monoisotopic (exact) mass is 462 g/mol. The van der Waals surface area contributed by atoms with Gasteiger partial charge in [-0.3, -0.25) is 19.7 Å². The summed E-state index contributed by atoms with van der Waals surface area (Å²) in [6.45, 7) is 7.87. The predicted octanol–water partition coefficient (Wildman–Crippen LogP) is 5.06. The molecule has 1 saturated heterocycles. The number of amides is 2. The second-order valence-corrected chi connectivity index (χ2v) is 8.84. The molecule has 0 aliphatic carbocycles. The van der Waals surface area contributed by atoms with Crippen LogP contribution in [0.25, 0.3) is 11.1 Å². The molecule has 2 aromatic carbocycles. The number of carbonyl (C=O) groups excluding carboxylic acids is 2. The third-order valence-corrected chi connectivity index (χ3v) is 5.94. The number of aromatic nitrogens is 2. The van der Waals surface area contributed by atoms with Crippen LogP contribution >= 0.6 is 0 Å². The zero-order chi connectivity index (χ0) is 24.4. The molecule has 1 aliphatic heterocycles. The van der Waals surface area contributed by atoms with Gasteiger partial charge in [-0.1, -0.05) is 26.0 Å². The third kappa shape index (κ3) is 4.76. The molecule has 1 aromatic heterocycles. The Morgan fingerprint density at radius 2 is 1.97 bits per heavy atom. The maximum Gasteiger partial charge on any atom is 0.414 e. The molecule has 1 aliphatic rings. The molecule has 34 heavy (non-hydrogen) atoms. The van der Waals surface area contributed by atoms with Gasteiger partial charge in [-0.25, -0.2) is 9.18 Å². The van der Waals surface area contributed by atoms with Crippen LogP contribution in [-0.4, -0.2) is 34.6 Å². The van der Waals surface area contributed by atoms with Crippen LogP contribution in [0.4, 0.5) is 14.9 Å². The van der Waals surface area contributed by atoms with Gasteiger partial charge in [0, 0.05) is 29.2 Å². The van der Waals surface area contributed by atoms with E-state index < -0.39 is 18.0 Å². The van der Waals surface area contributed by atoms with E-state index in [0.29, 0.717) is 28.1 Å². The smallest absolute Gasteiger partial charge is 0.414 e. The molecule has 1 unspecified atom stereocenters. The van der Waals surface area contributed by atoms with Crippen LogP contribution in [0.1, 0.15) is 48.4 Å². The molecule has 3 aromatic rings. The number of anilines is 1. The number of carbonyl (C=O) groups is 2. The van der Waals surface area contributed by atoms with Crippen molar-refractivity contribution in [3.63, 3.8) is 0 Å². The first-order valence-corrected chi connectivity index (χ1v) is 11.2. The Morgan fingerprint density at radius 1 is 1.18 bits per heavy atom. The van der Waals surface area contributed by atoms with E-state index in [1.54, 1.807) is 54.7 Å². The van der Waals surface area contributed by atoms with Crippen LogP contribution < -0.4 is 10.2 Å². The van der Waals surface area contributed by atoms with Crippen molar-refractivity contribution in [2.75, 3.05) is 11.5 Å². The van der Waals surface area contributed by atoms with E-state index in [2.05, 4.69) is 15.3 Å². The van der Waals surface area contributed by atoms with Gasteiger partial charge in [0.2, 0.25) is 0 Å². The molecule has 0 spiro atoms. The average Bonchev–Trinajstić information content (AvgIpc) is 3.21. The van der Waals surface area contributed by atoms with E-state index in [1.807, 2.05) is 26.8 Å². The molecule has 4 rings (SSSR count). The molecule has 0 saturated carbocycles. The van der Waals surface area contributed by atoms with Gasteiger partial charge in [0.05, 0.1) is 24.0 Å². The molecule has 0 bridgehead atoms. The fourth-order valence-corrected chi connectivity index (χ4v) is 4.00. The van der Waals surface area contributed by atoms with Gasteiger partial charge in [-0.15, -0.1) is 0 Å². The molecule has 2 amide bonds. The topological polar surface area (TPSA) is 84.4 Å². The Balaban J connectivity index is 1.77. The fraction of sp³-hybridized carbons (Fsp3) is 0.308. The highest BCUT2D eigenvalue weighted by molar-refractivity contribution is 5.99. The lowest BCUT2D eigenvalue weighted by molar-refractivity contribution is 0.0939. The minimum absolute atomic E-state index is 0.125. The van der Waals surface area contributed by atoms with Crippen LogP contribution in [0.5, 0.6) is 0 Å². The number of benzene rings is 2. The number of nitrogens with zero attached hydrogens (tertiary/aromatic N) is 3. The molecule has 2 heterocycles. The number of hydrogen-bond acceptors (Lipinski definition) is 5. The van der Waals surface area contributed by atoms with Crippen molar-refractivity contribution in [1.82, 2.24) is 15.3 Å². The summed E-state index contributed by atoms with van der Waals surface area (Å²) in [5, 5.41) is 2.91. The Hall–Kier alpha value is -3.81. The molecular formula is C26H27FN4O3. The highest BCUT2D eigenvalue weighted by Crippen LogP contribution is 2.33. The van der Waals surface area contributed by atoms with Gasteiger partial charge in [0.1, 0.15) is 12.4 Å². The third-order valence-electron chi connectivity index (χ3n) is 5.94. The number of halogens is 1. The first-order valence-electron chi connectivity index (χ1n) is 11.2. The number of ether oxygens (including phenoxy) is 1. The van der Waals surface area contributed by atoms with E-state index >= 15 is 0 Å². The van der Waals surface area contributed by atoms with E-state index in [1.165, 1.54) is 6.07 Å². The van der Waals surface area contributed by atoms with Crippen LogP contribution in [0, 0.1) is 18.7 Å². The second-order valence-electron chi connectivity index (χ2n) is 8.84. The zero-order valence-corrected chi connectivity index (χ0v) is 19.6. The predicted molar refractivity (Wildman–Crippen MR) is 127 cm³/mol. The SMILES string of the molecule is Cc1ccc(-c2cc(C(=O)NC(C)c3cnccn3)cc(N3C(=O)OC[C@H]3C(C)C)c2)c(F)c1. The van der Waals surface area contributed by atoms with Crippen LogP contribution in [0.2, 0.25) is 0 Å². The Kier molecular flexibility index (Phi) is 6.58. The molecule has 0 radical (unpaired) electrons. The van der Waals surface area contributed by atoms with E-state index in [9.17, 15) is 14.0 Å². The van der Waals surface area contributed by atoms with Crippen molar-refractivity contribution in [1.29, 1.82) is 0 Å². The van der Waals surface area contributed by atoms with Gasteiger partial charge >= 0.3 is 6.09 Å². The minimum Gasteiger partial charge on any atom is -0.447 e. The quantitative estimate of drug-likeness (QED) is 0.553. The first kappa shape index (κ1) is 23.4. The van der Waals surface area contributed by atoms with E-state index in [0.717, 1.165) is 5.56 Å². The summed E-state index contributed by atoms with van der Waals surface area (Å²) < 4.78 is 20.2. The van der Waals surface area contributed by atoms with Crippen molar-refractivity contribution in [2.24, 2.45) is 5.92 Å². The van der Waals surface area contributed by atoms with Gasteiger partial charge in [-0.2, -0.15) is 0 Å². The summed E-state index contributed by atoms with van der Waals surface area (Å²) >= 11 is 0. The van der Waals surface area contributed by atoms with Gasteiger partial charge < -0.3 is 10.1 Å². The Morgan fingerprint density at radius 3 is 2.65 bits per heavy atom. The Labute approximate surface area is 198 Å². The summed E-state index contributed by atoms with van der Waals surface area (Å²) in [5.74, 6) is -0.650. The zero-order valence-electron chi connectivity index (χ0n) is 19.6. The van der Waals surface area contributed by atoms with E-state index in [4.69, 9.17) is 4.74 Å². The average molecular weight is 463 g/mol.